The molecule has 0 bridgehead atoms. The van der Waals surface area contributed by atoms with Crippen molar-refractivity contribution in [2.45, 2.75) is 70.6 Å². The molecule has 3 saturated carbocycles. The monoisotopic (exact) mass is 270 g/mol. The molecule has 2 radical (unpaired) electrons. The van der Waals surface area contributed by atoms with E-state index in [4.69, 9.17) is 6.92 Å². The van der Waals surface area contributed by atoms with Gasteiger partial charge in [-0.25, -0.2) is 0 Å². The lowest BCUT2D eigenvalue weighted by atomic mass is 9.58. The maximum atomic E-state index is 6.15. The van der Waals surface area contributed by atoms with Gasteiger partial charge < -0.3 is 0 Å². The van der Waals surface area contributed by atoms with Gasteiger partial charge in [0.05, 0.1) is 0 Å². The Kier molecular flexibility index (Phi) is 3.69. The van der Waals surface area contributed by atoms with Crippen molar-refractivity contribution in [1.82, 2.24) is 0 Å². The average Bonchev–Trinajstić information content (AvgIpc) is 2.88. The highest BCUT2D eigenvalue weighted by Crippen LogP contribution is 2.54. The molecule has 5 unspecified atom stereocenters. The van der Waals surface area contributed by atoms with Crippen LogP contribution in [0.2, 0.25) is 0 Å². The molecule has 0 N–H and O–H groups in total. The molecule has 0 heterocycles. The smallest absolute Gasteiger partial charge is 0.00598 e. The predicted molar refractivity (Wildman–Crippen MR) is 84.1 cm³/mol. The van der Waals surface area contributed by atoms with Gasteiger partial charge in [0, 0.05) is 0 Å². The van der Waals surface area contributed by atoms with Gasteiger partial charge in [-0.05, 0) is 81.0 Å². The summed E-state index contributed by atoms with van der Waals surface area (Å²) in [5.74, 6) is 5.95. The van der Waals surface area contributed by atoms with Crippen LogP contribution in [0, 0.1) is 42.4 Å². The summed E-state index contributed by atoms with van der Waals surface area (Å²) in [7, 11) is 0. The third-order valence-corrected chi connectivity index (χ3v) is 7.26. The van der Waals surface area contributed by atoms with Gasteiger partial charge in [-0.15, -0.1) is 0 Å². The molecule has 110 valence electrons. The van der Waals surface area contributed by atoms with Crippen LogP contribution in [-0.2, 0) is 0 Å². The Morgan fingerprint density at radius 3 is 2.25 bits per heavy atom. The molecule has 4 rings (SSSR count). The maximum absolute atomic E-state index is 6.15. The van der Waals surface area contributed by atoms with Crippen molar-refractivity contribution in [2.24, 2.45) is 35.5 Å². The third kappa shape index (κ3) is 2.38. The summed E-state index contributed by atoms with van der Waals surface area (Å²) in [5, 5.41) is 0. The molecule has 4 aliphatic carbocycles. The molecular weight excluding hydrogens is 240 g/mol. The summed E-state index contributed by atoms with van der Waals surface area (Å²) < 4.78 is 0. The van der Waals surface area contributed by atoms with Crippen molar-refractivity contribution in [2.75, 3.05) is 0 Å². The van der Waals surface area contributed by atoms with Crippen molar-refractivity contribution in [3.05, 3.63) is 18.6 Å². The lowest BCUT2D eigenvalue weighted by Crippen LogP contribution is -2.38. The van der Waals surface area contributed by atoms with Crippen LogP contribution in [-0.4, -0.2) is 0 Å². The van der Waals surface area contributed by atoms with E-state index in [0.29, 0.717) is 0 Å². The first-order valence-electron chi connectivity index (χ1n) is 9.27. The Labute approximate surface area is 125 Å². The van der Waals surface area contributed by atoms with E-state index in [1.165, 1.54) is 63.4 Å². The highest BCUT2D eigenvalue weighted by atomic mass is 14.5. The molecule has 0 spiro atoms. The summed E-state index contributed by atoms with van der Waals surface area (Å²) in [5.41, 5.74) is 1.21. The van der Waals surface area contributed by atoms with Crippen LogP contribution in [0.1, 0.15) is 70.6 Å². The molecule has 4 aliphatic rings. The first-order valence-corrected chi connectivity index (χ1v) is 9.27. The fraction of sp³-hybridized carbons (Fsp3) is 0.850. The summed E-state index contributed by atoms with van der Waals surface area (Å²) in [6, 6.07) is 0. The zero-order chi connectivity index (χ0) is 13.5. The highest BCUT2D eigenvalue weighted by Gasteiger charge is 2.44. The van der Waals surface area contributed by atoms with Gasteiger partial charge in [-0.3, -0.25) is 0 Å². The normalized spacial score (nSPS) is 45.6. The number of rotatable bonds is 1. The Bertz CT molecular complexity index is 373. The van der Waals surface area contributed by atoms with Gasteiger partial charge in [0.25, 0.3) is 0 Å². The molecule has 0 saturated heterocycles. The predicted octanol–water partition coefficient (Wildman–Crippen LogP) is 5.67. The zero-order valence-electron chi connectivity index (χ0n) is 12.9. The highest BCUT2D eigenvalue weighted by molar-refractivity contribution is 5.19. The SMILES string of the molecule is [CH]C1=CC2C(CCC3CCC(C4CCCCC4)CC32)C1. The second-order valence-corrected chi connectivity index (χ2v) is 8.26. The van der Waals surface area contributed by atoms with Crippen molar-refractivity contribution >= 4 is 0 Å². The molecule has 0 aliphatic heterocycles. The molecule has 3 fully saturated rings. The van der Waals surface area contributed by atoms with Gasteiger partial charge in [-0.2, -0.15) is 0 Å². The fourth-order valence-corrected chi connectivity index (χ4v) is 6.25. The van der Waals surface area contributed by atoms with E-state index < -0.39 is 0 Å². The maximum Gasteiger partial charge on any atom is -0.00598 e. The van der Waals surface area contributed by atoms with Crippen LogP contribution < -0.4 is 0 Å². The van der Waals surface area contributed by atoms with Crippen LogP contribution in [0.4, 0.5) is 0 Å². The minimum absolute atomic E-state index is 0.861. The van der Waals surface area contributed by atoms with E-state index in [9.17, 15) is 0 Å². The van der Waals surface area contributed by atoms with Gasteiger partial charge in [0.2, 0.25) is 0 Å². The van der Waals surface area contributed by atoms with Crippen LogP contribution in [0.3, 0.4) is 0 Å². The average molecular weight is 270 g/mol. The number of fused-ring (bicyclic) bond motifs is 3. The second kappa shape index (κ2) is 5.50. The van der Waals surface area contributed by atoms with E-state index >= 15 is 0 Å². The molecule has 0 heteroatoms. The van der Waals surface area contributed by atoms with E-state index in [2.05, 4.69) is 6.08 Å². The fourth-order valence-electron chi connectivity index (χ4n) is 6.25. The Balaban J connectivity index is 1.47. The van der Waals surface area contributed by atoms with Crippen LogP contribution in [0.25, 0.3) is 0 Å². The van der Waals surface area contributed by atoms with Crippen molar-refractivity contribution in [1.29, 1.82) is 0 Å². The summed E-state index contributed by atoms with van der Waals surface area (Å²) in [6.07, 6.45) is 18.9. The van der Waals surface area contributed by atoms with E-state index in [1.807, 2.05) is 0 Å². The molecule has 0 aromatic carbocycles. The van der Waals surface area contributed by atoms with Crippen LogP contribution in [0.15, 0.2) is 11.6 Å². The largest absolute Gasteiger partial charge is 0.0813 e. The Hall–Kier alpha value is -0.260. The van der Waals surface area contributed by atoms with Crippen LogP contribution in [0.5, 0.6) is 0 Å². The first-order chi connectivity index (χ1) is 9.81. The molecular formula is C20H30. The third-order valence-electron chi connectivity index (χ3n) is 7.26. The Morgan fingerprint density at radius 2 is 1.45 bits per heavy atom. The minimum atomic E-state index is 0.861. The van der Waals surface area contributed by atoms with Crippen molar-refractivity contribution in [3.8, 4) is 0 Å². The molecule has 0 aromatic rings. The van der Waals surface area contributed by atoms with Gasteiger partial charge in [0.15, 0.2) is 0 Å². The molecule has 20 heavy (non-hydrogen) atoms. The quantitative estimate of drug-likeness (QED) is 0.576. The molecule has 5 atom stereocenters. The number of hydrogen-bond donors (Lipinski definition) is 0. The van der Waals surface area contributed by atoms with Crippen LogP contribution >= 0.6 is 0 Å². The standard InChI is InChI=1S/C20H30/c1-14-11-18-10-8-16-7-9-17(13-20(16)19(18)12-14)15-5-3-2-4-6-15/h1,12,15-20H,2-11,13H2. The number of hydrogen-bond acceptors (Lipinski definition) is 0. The molecule has 0 amide bonds. The van der Waals surface area contributed by atoms with Gasteiger partial charge >= 0.3 is 0 Å². The zero-order valence-corrected chi connectivity index (χ0v) is 12.9. The first kappa shape index (κ1) is 13.4. The topological polar surface area (TPSA) is 0 Å². The van der Waals surface area contributed by atoms with Crippen molar-refractivity contribution in [3.63, 3.8) is 0 Å². The second-order valence-electron chi connectivity index (χ2n) is 8.26. The summed E-state index contributed by atoms with van der Waals surface area (Å²) in [6.45, 7) is 6.15. The molecule has 0 aromatic heterocycles. The lowest BCUT2D eigenvalue weighted by Gasteiger charge is -2.47. The minimum Gasteiger partial charge on any atom is -0.0813 e. The van der Waals surface area contributed by atoms with E-state index in [-0.39, 0.29) is 0 Å². The van der Waals surface area contributed by atoms with Gasteiger partial charge in [0.1, 0.15) is 0 Å². The Morgan fingerprint density at radius 1 is 0.750 bits per heavy atom. The lowest BCUT2D eigenvalue weighted by molar-refractivity contribution is 0.0387. The van der Waals surface area contributed by atoms with Crippen molar-refractivity contribution < 1.29 is 0 Å². The summed E-state index contributed by atoms with van der Waals surface area (Å²) in [4.78, 5) is 0. The molecule has 0 nitrogen and oxygen atoms in total. The van der Waals surface area contributed by atoms with E-state index in [0.717, 1.165) is 35.5 Å². The van der Waals surface area contributed by atoms with E-state index in [1.54, 1.807) is 12.8 Å². The summed E-state index contributed by atoms with van der Waals surface area (Å²) >= 11 is 0. The van der Waals surface area contributed by atoms with Gasteiger partial charge in [-0.1, -0.05) is 43.8 Å². The number of allylic oxidation sites excluding steroid dienone is 2.